The third-order valence-electron chi connectivity index (χ3n) is 2.61. The van der Waals surface area contributed by atoms with Crippen molar-refractivity contribution in [2.45, 2.75) is 12.5 Å². The van der Waals surface area contributed by atoms with Crippen LogP contribution >= 0.6 is 0 Å². The lowest BCUT2D eigenvalue weighted by Crippen LogP contribution is -2.41. The molecule has 0 aliphatic rings. The van der Waals surface area contributed by atoms with Gasteiger partial charge in [-0.2, -0.15) is 0 Å². The molecule has 1 rings (SSSR count). The molecule has 0 saturated carbocycles. The average molecular weight is 300 g/mol. The molecule has 9 heteroatoms. The molecule has 0 aromatic heterocycles. The number of halogens is 1. The summed E-state index contributed by atoms with van der Waals surface area (Å²) in [7, 11) is 1.36. The van der Waals surface area contributed by atoms with Crippen LogP contribution in [0.25, 0.3) is 0 Å². The summed E-state index contributed by atoms with van der Waals surface area (Å²) in [5.41, 5.74) is -1.14. The Balaban J connectivity index is 2.99. The standard InChI is InChI=1S/C12H13FN2O6/c1-21-5-4-9(12(17)18)14-11(16)8-6-7(13)2-3-10(8)15(19)20/h2-3,6,9H,4-5H2,1H3,(H,14,16)(H,17,18). The van der Waals surface area contributed by atoms with E-state index in [-0.39, 0.29) is 13.0 Å². The van der Waals surface area contributed by atoms with E-state index in [1.807, 2.05) is 0 Å². The Labute approximate surface area is 118 Å². The number of carbonyl (C=O) groups is 2. The van der Waals surface area contributed by atoms with Crippen molar-refractivity contribution in [1.29, 1.82) is 0 Å². The van der Waals surface area contributed by atoms with Gasteiger partial charge in [0.1, 0.15) is 17.4 Å². The van der Waals surface area contributed by atoms with Gasteiger partial charge in [0.15, 0.2) is 0 Å². The molecular weight excluding hydrogens is 287 g/mol. The Bertz CT molecular complexity index is 563. The first kappa shape index (κ1) is 16.5. The molecule has 8 nitrogen and oxygen atoms in total. The molecule has 0 saturated heterocycles. The Morgan fingerprint density at radius 2 is 2.19 bits per heavy atom. The molecule has 1 amide bonds. The third-order valence-corrected chi connectivity index (χ3v) is 2.61. The number of nitro groups is 1. The van der Waals surface area contributed by atoms with Crippen LogP contribution in [0.4, 0.5) is 10.1 Å². The number of carboxylic acid groups (broad SMARTS) is 1. The molecule has 0 aliphatic carbocycles. The lowest BCUT2D eigenvalue weighted by atomic mass is 10.1. The number of benzene rings is 1. The number of hydrogen-bond acceptors (Lipinski definition) is 5. The highest BCUT2D eigenvalue weighted by Gasteiger charge is 2.25. The van der Waals surface area contributed by atoms with Crippen molar-refractivity contribution < 1.29 is 28.7 Å². The highest BCUT2D eigenvalue weighted by atomic mass is 19.1. The molecule has 1 unspecified atom stereocenters. The lowest BCUT2D eigenvalue weighted by Gasteiger charge is -2.14. The fourth-order valence-corrected chi connectivity index (χ4v) is 1.58. The van der Waals surface area contributed by atoms with Gasteiger partial charge in [-0.15, -0.1) is 0 Å². The van der Waals surface area contributed by atoms with Gasteiger partial charge >= 0.3 is 5.97 Å². The van der Waals surface area contributed by atoms with E-state index in [2.05, 4.69) is 5.32 Å². The fraction of sp³-hybridized carbons (Fsp3) is 0.333. The third kappa shape index (κ3) is 4.49. The molecule has 0 aliphatic heterocycles. The molecule has 2 N–H and O–H groups in total. The van der Waals surface area contributed by atoms with Crippen LogP contribution in [-0.2, 0) is 9.53 Å². The van der Waals surface area contributed by atoms with Crippen LogP contribution in [0.1, 0.15) is 16.8 Å². The van der Waals surface area contributed by atoms with Crippen molar-refractivity contribution >= 4 is 17.6 Å². The van der Waals surface area contributed by atoms with Gasteiger partial charge in [0, 0.05) is 26.2 Å². The number of rotatable bonds is 7. The zero-order valence-corrected chi connectivity index (χ0v) is 11.0. The maximum Gasteiger partial charge on any atom is 0.326 e. The minimum absolute atomic E-state index is 0.0271. The van der Waals surface area contributed by atoms with Crippen molar-refractivity contribution in [3.8, 4) is 0 Å². The van der Waals surface area contributed by atoms with Gasteiger partial charge in [0.2, 0.25) is 0 Å². The number of nitro benzene ring substituents is 1. The summed E-state index contributed by atoms with van der Waals surface area (Å²) >= 11 is 0. The quantitative estimate of drug-likeness (QED) is 0.571. The average Bonchev–Trinajstić information content (AvgIpc) is 2.42. The van der Waals surface area contributed by atoms with Crippen molar-refractivity contribution in [2.24, 2.45) is 0 Å². The molecule has 0 fully saturated rings. The van der Waals surface area contributed by atoms with Gasteiger partial charge in [-0.25, -0.2) is 9.18 Å². The van der Waals surface area contributed by atoms with E-state index in [0.717, 1.165) is 12.1 Å². The normalized spacial score (nSPS) is 11.7. The monoisotopic (exact) mass is 300 g/mol. The highest BCUT2D eigenvalue weighted by Crippen LogP contribution is 2.19. The molecule has 0 heterocycles. The summed E-state index contributed by atoms with van der Waals surface area (Å²) in [5, 5.41) is 21.8. The number of nitrogens with one attached hydrogen (secondary N) is 1. The van der Waals surface area contributed by atoms with Crippen molar-refractivity contribution in [1.82, 2.24) is 5.32 Å². The second kappa shape index (κ2) is 7.29. The Hall–Kier alpha value is -2.55. The van der Waals surface area contributed by atoms with Gasteiger partial charge in [-0.05, 0) is 12.1 Å². The first-order valence-electron chi connectivity index (χ1n) is 5.83. The van der Waals surface area contributed by atoms with Crippen molar-refractivity contribution in [3.05, 3.63) is 39.7 Å². The van der Waals surface area contributed by atoms with Crippen LogP contribution in [0.5, 0.6) is 0 Å². The van der Waals surface area contributed by atoms with Gasteiger partial charge in [-0.3, -0.25) is 14.9 Å². The smallest absolute Gasteiger partial charge is 0.326 e. The van der Waals surface area contributed by atoms with E-state index in [1.54, 1.807) is 0 Å². The number of hydrogen-bond donors (Lipinski definition) is 2. The molecular formula is C12H13FN2O6. The molecule has 0 bridgehead atoms. The van der Waals surface area contributed by atoms with Gasteiger partial charge in [-0.1, -0.05) is 0 Å². The number of carbonyl (C=O) groups excluding carboxylic acids is 1. The van der Waals surface area contributed by atoms with Gasteiger partial charge in [0.05, 0.1) is 4.92 Å². The van der Waals surface area contributed by atoms with Crippen molar-refractivity contribution in [3.63, 3.8) is 0 Å². The Kier molecular flexibility index (Phi) is 5.73. The van der Waals surface area contributed by atoms with E-state index in [9.17, 15) is 24.1 Å². The maximum atomic E-state index is 13.1. The molecule has 114 valence electrons. The molecule has 1 aromatic rings. The fourth-order valence-electron chi connectivity index (χ4n) is 1.58. The van der Waals surface area contributed by atoms with Crippen LogP contribution in [0.15, 0.2) is 18.2 Å². The molecule has 0 spiro atoms. The summed E-state index contributed by atoms with van der Waals surface area (Å²) in [5.74, 6) is -3.20. The van der Waals surface area contributed by atoms with Crippen LogP contribution in [0.2, 0.25) is 0 Å². The zero-order valence-electron chi connectivity index (χ0n) is 11.0. The number of methoxy groups -OCH3 is 1. The predicted molar refractivity (Wildman–Crippen MR) is 68.4 cm³/mol. The largest absolute Gasteiger partial charge is 0.480 e. The molecule has 1 atom stereocenters. The SMILES string of the molecule is COCCC(NC(=O)c1cc(F)ccc1[N+](=O)[O-])C(=O)O. The zero-order chi connectivity index (χ0) is 16.0. The summed E-state index contributed by atoms with van der Waals surface area (Å²) in [6.45, 7) is 0.0719. The summed E-state index contributed by atoms with van der Waals surface area (Å²) in [4.78, 5) is 32.8. The van der Waals surface area contributed by atoms with Gasteiger partial charge < -0.3 is 15.2 Å². The van der Waals surface area contributed by atoms with Crippen molar-refractivity contribution in [2.75, 3.05) is 13.7 Å². The Morgan fingerprint density at radius 1 is 1.52 bits per heavy atom. The summed E-state index contributed by atoms with van der Waals surface area (Å²) in [6.07, 6.45) is -0.0271. The number of ether oxygens (including phenoxy) is 1. The van der Waals surface area contributed by atoms with E-state index < -0.39 is 39.9 Å². The minimum atomic E-state index is -1.32. The van der Waals surface area contributed by atoms with E-state index >= 15 is 0 Å². The van der Waals surface area contributed by atoms with E-state index in [0.29, 0.717) is 6.07 Å². The second-order valence-electron chi connectivity index (χ2n) is 4.06. The maximum absolute atomic E-state index is 13.1. The van der Waals surface area contributed by atoms with Crippen LogP contribution in [0, 0.1) is 15.9 Å². The number of amides is 1. The van der Waals surface area contributed by atoms with Gasteiger partial charge in [0.25, 0.3) is 11.6 Å². The van der Waals surface area contributed by atoms with Crippen LogP contribution < -0.4 is 5.32 Å². The second-order valence-corrected chi connectivity index (χ2v) is 4.06. The predicted octanol–water partition coefficient (Wildman–Crippen LogP) is 0.953. The first-order valence-corrected chi connectivity index (χ1v) is 5.83. The number of aliphatic carboxylic acids is 1. The first-order chi connectivity index (χ1) is 9.86. The molecule has 21 heavy (non-hydrogen) atoms. The van der Waals surface area contributed by atoms with Crippen LogP contribution in [-0.4, -0.2) is 41.7 Å². The Morgan fingerprint density at radius 3 is 2.71 bits per heavy atom. The summed E-state index contributed by atoms with van der Waals surface area (Å²) < 4.78 is 17.8. The van der Waals surface area contributed by atoms with Crippen LogP contribution in [0.3, 0.4) is 0 Å². The summed E-state index contributed by atoms with van der Waals surface area (Å²) in [6, 6.07) is 1.08. The molecule has 0 radical (unpaired) electrons. The topological polar surface area (TPSA) is 119 Å². The highest BCUT2D eigenvalue weighted by molar-refractivity contribution is 5.99. The number of carboxylic acids is 1. The lowest BCUT2D eigenvalue weighted by molar-refractivity contribution is -0.385. The number of nitrogens with zero attached hydrogens (tertiary/aromatic N) is 1. The minimum Gasteiger partial charge on any atom is -0.480 e. The van der Waals surface area contributed by atoms with E-state index in [4.69, 9.17) is 9.84 Å². The van der Waals surface area contributed by atoms with E-state index in [1.165, 1.54) is 7.11 Å². The molecule has 1 aromatic carbocycles.